The van der Waals surface area contributed by atoms with E-state index in [4.69, 9.17) is 4.74 Å². The number of rotatable bonds is 4. The molecular formula is C15H20N4OS. The molecule has 1 aliphatic heterocycles. The minimum absolute atomic E-state index is 0.738. The van der Waals surface area contributed by atoms with Crippen LogP contribution in [0.25, 0.3) is 0 Å². The minimum Gasteiger partial charge on any atom is -0.497 e. The highest BCUT2D eigenvalue weighted by molar-refractivity contribution is 7.09. The number of hydrazine groups is 1. The van der Waals surface area contributed by atoms with Gasteiger partial charge in [0.1, 0.15) is 11.6 Å². The maximum Gasteiger partial charge on any atom is 0.219 e. The van der Waals surface area contributed by atoms with Gasteiger partial charge in [-0.2, -0.15) is 4.37 Å². The second kappa shape index (κ2) is 6.87. The second-order valence-electron chi connectivity index (χ2n) is 5.14. The number of benzene rings is 1. The van der Waals surface area contributed by atoms with Crippen molar-refractivity contribution >= 4 is 16.7 Å². The molecular weight excluding hydrogens is 284 g/mol. The van der Waals surface area contributed by atoms with Gasteiger partial charge in [0.05, 0.1) is 7.11 Å². The maximum atomic E-state index is 5.25. The van der Waals surface area contributed by atoms with Crippen LogP contribution >= 0.6 is 11.5 Å². The number of hydrogen-bond acceptors (Lipinski definition) is 6. The molecule has 1 N–H and O–H groups in total. The first kappa shape index (κ1) is 14.3. The Kier molecular flexibility index (Phi) is 4.67. The number of nitrogens with zero attached hydrogens (tertiary/aromatic N) is 3. The molecule has 21 heavy (non-hydrogen) atoms. The Morgan fingerprint density at radius 1 is 1.33 bits per heavy atom. The van der Waals surface area contributed by atoms with Gasteiger partial charge in [-0.05, 0) is 30.5 Å². The van der Waals surface area contributed by atoms with Crippen LogP contribution in [0.4, 0.5) is 5.13 Å². The quantitative estimate of drug-likeness (QED) is 0.941. The molecule has 0 unspecified atom stereocenters. The van der Waals surface area contributed by atoms with Crippen LogP contribution in [-0.2, 0) is 6.42 Å². The summed E-state index contributed by atoms with van der Waals surface area (Å²) in [6.45, 7) is 2.03. The Morgan fingerprint density at radius 2 is 2.29 bits per heavy atom. The van der Waals surface area contributed by atoms with Gasteiger partial charge in [-0.3, -0.25) is 5.01 Å². The molecule has 3 rings (SSSR count). The molecule has 6 heteroatoms. The van der Waals surface area contributed by atoms with E-state index >= 15 is 0 Å². The zero-order valence-corrected chi connectivity index (χ0v) is 13.0. The van der Waals surface area contributed by atoms with E-state index in [1.165, 1.54) is 36.4 Å². The van der Waals surface area contributed by atoms with E-state index in [-0.39, 0.29) is 0 Å². The molecule has 0 bridgehead atoms. The third kappa shape index (κ3) is 3.71. The zero-order valence-electron chi connectivity index (χ0n) is 12.2. The second-order valence-corrected chi connectivity index (χ2v) is 5.87. The molecule has 0 amide bonds. The van der Waals surface area contributed by atoms with Crippen LogP contribution in [0.2, 0.25) is 0 Å². The Balaban J connectivity index is 1.69. The molecule has 112 valence electrons. The van der Waals surface area contributed by atoms with Crippen molar-refractivity contribution < 1.29 is 4.74 Å². The number of ether oxygens (including phenoxy) is 1. The van der Waals surface area contributed by atoms with E-state index in [2.05, 4.69) is 25.9 Å². The van der Waals surface area contributed by atoms with Crippen LogP contribution < -0.4 is 15.2 Å². The van der Waals surface area contributed by atoms with Crippen molar-refractivity contribution in [3.05, 3.63) is 35.7 Å². The van der Waals surface area contributed by atoms with Gasteiger partial charge in [0, 0.05) is 31.0 Å². The van der Waals surface area contributed by atoms with Crippen LogP contribution in [0.1, 0.15) is 30.7 Å². The predicted octanol–water partition coefficient (Wildman–Crippen LogP) is 2.63. The molecule has 1 aromatic carbocycles. The van der Waals surface area contributed by atoms with Gasteiger partial charge in [0.15, 0.2) is 0 Å². The first-order valence-electron chi connectivity index (χ1n) is 7.32. The largest absolute Gasteiger partial charge is 0.497 e. The van der Waals surface area contributed by atoms with E-state index in [1.807, 2.05) is 18.2 Å². The van der Waals surface area contributed by atoms with Gasteiger partial charge < -0.3 is 4.74 Å². The van der Waals surface area contributed by atoms with E-state index in [0.717, 1.165) is 36.2 Å². The summed E-state index contributed by atoms with van der Waals surface area (Å²) in [7, 11) is 1.68. The SMILES string of the molecule is COc1cccc(Cc2nsc(N3CCCCCN3)n2)c1. The zero-order chi connectivity index (χ0) is 14.5. The number of aromatic nitrogens is 2. The van der Waals surface area contributed by atoms with E-state index < -0.39 is 0 Å². The lowest BCUT2D eigenvalue weighted by Gasteiger charge is -2.18. The fourth-order valence-corrected chi connectivity index (χ4v) is 3.11. The van der Waals surface area contributed by atoms with Crippen LogP contribution in [0.3, 0.4) is 0 Å². The van der Waals surface area contributed by atoms with Crippen molar-refractivity contribution in [2.24, 2.45) is 0 Å². The average Bonchev–Trinajstić information content (AvgIpc) is 2.81. The molecule has 0 atom stereocenters. The summed E-state index contributed by atoms with van der Waals surface area (Å²) in [6, 6.07) is 8.06. The van der Waals surface area contributed by atoms with E-state index in [9.17, 15) is 0 Å². The minimum atomic E-state index is 0.738. The van der Waals surface area contributed by atoms with Gasteiger partial charge in [-0.1, -0.05) is 18.6 Å². The van der Waals surface area contributed by atoms with Crippen molar-refractivity contribution in [1.82, 2.24) is 14.8 Å². The molecule has 0 saturated carbocycles. The molecule has 1 fully saturated rings. The Labute approximate surface area is 129 Å². The molecule has 2 heterocycles. The normalized spacial score (nSPS) is 15.8. The topological polar surface area (TPSA) is 50.3 Å². The number of nitrogens with one attached hydrogen (secondary N) is 1. The fraction of sp³-hybridized carbons (Fsp3) is 0.467. The van der Waals surface area contributed by atoms with Gasteiger partial charge >= 0.3 is 0 Å². The monoisotopic (exact) mass is 304 g/mol. The molecule has 1 saturated heterocycles. The van der Waals surface area contributed by atoms with Crippen molar-refractivity contribution in [3.8, 4) is 5.75 Å². The van der Waals surface area contributed by atoms with Crippen LogP contribution in [0.5, 0.6) is 5.75 Å². The van der Waals surface area contributed by atoms with Crippen molar-refractivity contribution in [2.45, 2.75) is 25.7 Å². The lowest BCUT2D eigenvalue weighted by Crippen LogP contribution is -2.37. The Bertz CT molecular complexity index is 579. The highest BCUT2D eigenvalue weighted by Crippen LogP contribution is 2.20. The van der Waals surface area contributed by atoms with Gasteiger partial charge in [0.2, 0.25) is 5.13 Å². The maximum absolute atomic E-state index is 5.25. The molecule has 2 aromatic rings. The third-order valence-corrected chi connectivity index (χ3v) is 4.32. The van der Waals surface area contributed by atoms with E-state index in [0.29, 0.717) is 0 Å². The first-order chi connectivity index (χ1) is 10.3. The lowest BCUT2D eigenvalue weighted by molar-refractivity contribution is 0.414. The van der Waals surface area contributed by atoms with Crippen molar-refractivity contribution in [3.63, 3.8) is 0 Å². The van der Waals surface area contributed by atoms with Crippen LogP contribution in [-0.4, -0.2) is 29.6 Å². The van der Waals surface area contributed by atoms with Gasteiger partial charge in [-0.25, -0.2) is 10.4 Å². The van der Waals surface area contributed by atoms with E-state index in [1.54, 1.807) is 7.11 Å². The molecule has 0 aliphatic carbocycles. The number of hydrogen-bond donors (Lipinski definition) is 1. The molecule has 1 aromatic heterocycles. The summed E-state index contributed by atoms with van der Waals surface area (Å²) in [5.74, 6) is 1.74. The fourth-order valence-electron chi connectivity index (χ4n) is 2.42. The molecule has 0 radical (unpaired) electrons. The Morgan fingerprint density at radius 3 is 3.19 bits per heavy atom. The lowest BCUT2D eigenvalue weighted by atomic mass is 10.1. The predicted molar refractivity (Wildman–Crippen MR) is 84.9 cm³/mol. The van der Waals surface area contributed by atoms with Gasteiger partial charge in [-0.15, -0.1) is 0 Å². The smallest absolute Gasteiger partial charge is 0.219 e. The summed E-state index contributed by atoms with van der Waals surface area (Å²) in [5.41, 5.74) is 4.58. The Hall–Kier alpha value is -1.66. The number of anilines is 1. The summed E-state index contributed by atoms with van der Waals surface area (Å²) >= 11 is 1.47. The van der Waals surface area contributed by atoms with Gasteiger partial charge in [0.25, 0.3) is 0 Å². The molecule has 0 spiro atoms. The molecule has 1 aliphatic rings. The summed E-state index contributed by atoms with van der Waals surface area (Å²) in [6.07, 6.45) is 4.45. The molecule has 5 nitrogen and oxygen atoms in total. The van der Waals surface area contributed by atoms with Crippen molar-refractivity contribution in [1.29, 1.82) is 0 Å². The summed E-state index contributed by atoms with van der Waals surface area (Å²) in [4.78, 5) is 4.66. The average molecular weight is 304 g/mol. The standard InChI is InChI=1S/C15H20N4OS/c1-20-13-7-5-6-12(10-13)11-14-17-15(21-18-14)19-9-4-2-3-8-16-19/h5-7,10,16H,2-4,8-9,11H2,1H3. The third-order valence-electron chi connectivity index (χ3n) is 3.55. The van der Waals surface area contributed by atoms with Crippen LogP contribution in [0.15, 0.2) is 24.3 Å². The van der Waals surface area contributed by atoms with Crippen molar-refractivity contribution in [2.75, 3.05) is 25.2 Å². The van der Waals surface area contributed by atoms with Crippen LogP contribution in [0, 0.1) is 0 Å². The highest BCUT2D eigenvalue weighted by atomic mass is 32.1. The highest BCUT2D eigenvalue weighted by Gasteiger charge is 2.14. The summed E-state index contributed by atoms with van der Waals surface area (Å²) < 4.78 is 9.73. The number of methoxy groups -OCH3 is 1. The summed E-state index contributed by atoms with van der Waals surface area (Å²) in [5, 5.41) is 3.11. The first-order valence-corrected chi connectivity index (χ1v) is 8.09.